The number of halogens is 2. The summed E-state index contributed by atoms with van der Waals surface area (Å²) in [5, 5.41) is 6.72. The summed E-state index contributed by atoms with van der Waals surface area (Å²) in [6.45, 7) is 2.82. The van der Waals surface area contributed by atoms with Crippen molar-refractivity contribution in [2.24, 2.45) is 0 Å². The van der Waals surface area contributed by atoms with Crippen LogP contribution in [0.5, 0.6) is 0 Å². The quantitative estimate of drug-likeness (QED) is 0.574. The Morgan fingerprint density at radius 2 is 1.83 bits per heavy atom. The molecule has 2 aromatic rings. The van der Waals surface area contributed by atoms with Crippen LogP contribution < -0.4 is 10.6 Å². The van der Waals surface area contributed by atoms with E-state index in [9.17, 15) is 8.78 Å². The predicted octanol–water partition coefficient (Wildman–Crippen LogP) is 4.84. The maximum atomic E-state index is 12.3. The lowest BCUT2D eigenvalue weighted by atomic mass is 10.1. The van der Waals surface area contributed by atoms with Gasteiger partial charge in [0.15, 0.2) is 5.11 Å². The molecule has 0 aliphatic rings. The minimum atomic E-state index is -2.40. The normalized spacial score (nSPS) is 10.6. The van der Waals surface area contributed by atoms with E-state index < -0.39 is 5.76 Å². The Hall–Kier alpha value is -1.66. The van der Waals surface area contributed by atoms with Gasteiger partial charge >= 0.3 is 0 Å². The number of alkyl halides is 2. The highest BCUT2D eigenvalue weighted by atomic mass is 32.2. The van der Waals surface area contributed by atoms with E-state index in [1.54, 1.807) is 24.3 Å². The SMILES string of the molecule is Cc1ccccc1CCNC(=S)Nc1ccc(SC(F)F)cc1. The van der Waals surface area contributed by atoms with Crippen LogP contribution in [0.15, 0.2) is 53.4 Å². The molecular formula is C17H18F2N2S2. The van der Waals surface area contributed by atoms with Gasteiger partial charge in [0.25, 0.3) is 5.76 Å². The molecule has 2 nitrogen and oxygen atoms in total. The van der Waals surface area contributed by atoms with E-state index in [2.05, 4.69) is 29.7 Å². The number of rotatable bonds is 6. The molecule has 0 atom stereocenters. The van der Waals surface area contributed by atoms with Crippen molar-refractivity contribution < 1.29 is 8.78 Å². The van der Waals surface area contributed by atoms with E-state index in [0.717, 1.165) is 18.7 Å². The van der Waals surface area contributed by atoms with Gasteiger partial charge in [-0.05, 0) is 61.0 Å². The van der Waals surface area contributed by atoms with Gasteiger partial charge in [0, 0.05) is 17.1 Å². The maximum Gasteiger partial charge on any atom is 0.288 e. The fourth-order valence-corrected chi connectivity index (χ4v) is 2.82. The van der Waals surface area contributed by atoms with E-state index in [-0.39, 0.29) is 0 Å². The summed E-state index contributed by atoms with van der Waals surface area (Å²) >= 11 is 5.77. The minimum absolute atomic E-state index is 0.521. The first-order valence-electron chi connectivity index (χ1n) is 7.19. The lowest BCUT2D eigenvalue weighted by Gasteiger charge is -2.12. The van der Waals surface area contributed by atoms with Crippen molar-refractivity contribution in [3.63, 3.8) is 0 Å². The Labute approximate surface area is 144 Å². The third-order valence-corrected chi connectivity index (χ3v) is 4.25. The topological polar surface area (TPSA) is 24.1 Å². The second-order valence-electron chi connectivity index (χ2n) is 4.96. The van der Waals surface area contributed by atoms with E-state index in [0.29, 0.717) is 21.8 Å². The predicted molar refractivity (Wildman–Crippen MR) is 97.4 cm³/mol. The van der Waals surface area contributed by atoms with E-state index in [1.807, 2.05) is 12.1 Å². The van der Waals surface area contributed by atoms with Crippen molar-refractivity contribution in [1.82, 2.24) is 5.32 Å². The lowest BCUT2D eigenvalue weighted by molar-refractivity contribution is 0.252. The monoisotopic (exact) mass is 352 g/mol. The highest BCUT2D eigenvalue weighted by Crippen LogP contribution is 2.26. The second kappa shape index (κ2) is 8.84. The number of thioether (sulfide) groups is 1. The van der Waals surface area contributed by atoms with Crippen molar-refractivity contribution in [3.8, 4) is 0 Å². The molecule has 0 spiro atoms. The van der Waals surface area contributed by atoms with Crippen molar-refractivity contribution in [2.45, 2.75) is 24.0 Å². The molecule has 0 aromatic heterocycles. The molecule has 2 N–H and O–H groups in total. The van der Waals surface area contributed by atoms with Crippen LogP contribution in [-0.4, -0.2) is 17.4 Å². The van der Waals surface area contributed by atoms with Crippen LogP contribution in [-0.2, 0) is 6.42 Å². The highest BCUT2D eigenvalue weighted by Gasteiger charge is 2.05. The summed E-state index contributed by atoms with van der Waals surface area (Å²) < 4.78 is 24.5. The van der Waals surface area contributed by atoms with Crippen molar-refractivity contribution in [2.75, 3.05) is 11.9 Å². The summed E-state index contributed by atoms with van der Waals surface area (Å²) in [5.74, 6) is -2.40. The zero-order chi connectivity index (χ0) is 16.7. The number of hydrogen-bond donors (Lipinski definition) is 2. The minimum Gasteiger partial charge on any atom is -0.362 e. The van der Waals surface area contributed by atoms with Crippen LogP contribution in [0.3, 0.4) is 0 Å². The molecular weight excluding hydrogens is 334 g/mol. The van der Waals surface area contributed by atoms with Crippen molar-refractivity contribution in [1.29, 1.82) is 0 Å². The van der Waals surface area contributed by atoms with Crippen molar-refractivity contribution in [3.05, 3.63) is 59.7 Å². The zero-order valence-electron chi connectivity index (χ0n) is 12.7. The summed E-state index contributed by atoms with van der Waals surface area (Å²) in [6, 6.07) is 15.0. The Balaban J connectivity index is 1.77. The average molecular weight is 352 g/mol. The Morgan fingerprint density at radius 3 is 2.48 bits per heavy atom. The van der Waals surface area contributed by atoms with E-state index in [1.165, 1.54) is 11.1 Å². The Kier molecular flexibility index (Phi) is 6.80. The summed E-state index contributed by atoms with van der Waals surface area (Å²) in [4.78, 5) is 0.531. The zero-order valence-corrected chi connectivity index (χ0v) is 14.3. The van der Waals surface area contributed by atoms with Gasteiger partial charge in [-0.2, -0.15) is 8.78 Å². The molecule has 23 heavy (non-hydrogen) atoms. The van der Waals surface area contributed by atoms with Gasteiger partial charge in [-0.15, -0.1) is 0 Å². The molecule has 0 bridgehead atoms. The molecule has 2 rings (SSSR count). The fourth-order valence-electron chi connectivity index (χ4n) is 2.10. The first-order valence-corrected chi connectivity index (χ1v) is 8.47. The lowest BCUT2D eigenvalue weighted by Crippen LogP contribution is -2.30. The first kappa shape index (κ1) is 17.7. The molecule has 2 aromatic carbocycles. The van der Waals surface area contributed by atoms with Gasteiger partial charge < -0.3 is 10.6 Å². The summed E-state index contributed by atoms with van der Waals surface area (Å²) in [6.07, 6.45) is 0.887. The molecule has 0 aliphatic carbocycles. The number of anilines is 1. The fraction of sp³-hybridized carbons (Fsp3) is 0.235. The number of thiocarbonyl (C=S) groups is 1. The van der Waals surface area contributed by atoms with E-state index >= 15 is 0 Å². The van der Waals surface area contributed by atoms with Crippen molar-refractivity contribution >= 4 is 34.8 Å². The Morgan fingerprint density at radius 1 is 1.13 bits per heavy atom. The molecule has 6 heteroatoms. The number of benzene rings is 2. The molecule has 0 unspecified atom stereocenters. The Bertz CT molecular complexity index is 645. The molecule has 0 saturated heterocycles. The molecule has 122 valence electrons. The molecule has 0 saturated carbocycles. The molecule has 0 aliphatic heterocycles. The van der Waals surface area contributed by atoms with Gasteiger partial charge in [0.05, 0.1) is 0 Å². The standard InChI is InChI=1S/C17H18F2N2S2/c1-12-4-2-3-5-13(12)10-11-20-17(22)21-14-6-8-15(9-7-14)23-16(18)19/h2-9,16H,10-11H2,1H3,(H2,20,21,22). The molecule has 0 fully saturated rings. The van der Waals surface area contributed by atoms with Crippen LogP contribution in [0.1, 0.15) is 11.1 Å². The van der Waals surface area contributed by atoms with Crippen LogP contribution in [0.4, 0.5) is 14.5 Å². The smallest absolute Gasteiger partial charge is 0.288 e. The maximum absolute atomic E-state index is 12.3. The molecule has 0 amide bonds. The van der Waals surface area contributed by atoms with Crippen LogP contribution in [0.25, 0.3) is 0 Å². The first-order chi connectivity index (χ1) is 11.0. The summed E-state index contributed by atoms with van der Waals surface area (Å²) in [7, 11) is 0. The van der Waals surface area contributed by atoms with E-state index in [4.69, 9.17) is 12.2 Å². The highest BCUT2D eigenvalue weighted by molar-refractivity contribution is 7.99. The van der Waals surface area contributed by atoms with Crippen LogP contribution >= 0.6 is 24.0 Å². The molecule has 0 heterocycles. The number of nitrogens with one attached hydrogen (secondary N) is 2. The third-order valence-electron chi connectivity index (χ3n) is 3.28. The van der Waals surface area contributed by atoms with Crippen LogP contribution in [0.2, 0.25) is 0 Å². The third kappa shape index (κ3) is 6.15. The van der Waals surface area contributed by atoms with Gasteiger partial charge in [-0.1, -0.05) is 36.0 Å². The van der Waals surface area contributed by atoms with Gasteiger partial charge in [-0.3, -0.25) is 0 Å². The van der Waals surface area contributed by atoms with Gasteiger partial charge in [-0.25, -0.2) is 0 Å². The number of aryl methyl sites for hydroxylation is 1. The largest absolute Gasteiger partial charge is 0.362 e. The second-order valence-corrected chi connectivity index (χ2v) is 6.43. The summed E-state index contributed by atoms with van der Waals surface area (Å²) in [5.41, 5.74) is 3.33. The average Bonchev–Trinajstić information content (AvgIpc) is 2.51. The number of hydrogen-bond acceptors (Lipinski definition) is 2. The molecule has 0 radical (unpaired) electrons. The van der Waals surface area contributed by atoms with Crippen LogP contribution in [0, 0.1) is 6.92 Å². The van der Waals surface area contributed by atoms with Gasteiger partial charge in [0.2, 0.25) is 0 Å². The van der Waals surface area contributed by atoms with Gasteiger partial charge in [0.1, 0.15) is 0 Å².